The molecule has 3 aromatic rings. The van der Waals surface area contributed by atoms with Crippen LogP contribution in [0.2, 0.25) is 0 Å². The number of hydrogen-bond acceptors (Lipinski definition) is 3. The highest BCUT2D eigenvalue weighted by atomic mass is 32.2. The molecule has 0 heterocycles. The smallest absolute Gasteiger partial charge is 0.313 e. The van der Waals surface area contributed by atoms with Crippen molar-refractivity contribution in [2.24, 2.45) is 0 Å². The molecule has 5 heteroatoms. The fourth-order valence-electron chi connectivity index (χ4n) is 3.03. The van der Waals surface area contributed by atoms with Crippen molar-refractivity contribution < 1.29 is 14.7 Å². The van der Waals surface area contributed by atoms with Gasteiger partial charge in [0, 0.05) is 11.4 Å². The van der Waals surface area contributed by atoms with E-state index in [0.29, 0.717) is 5.75 Å². The maximum Gasteiger partial charge on any atom is 0.313 e. The first-order valence-corrected chi connectivity index (χ1v) is 9.87. The van der Waals surface area contributed by atoms with Crippen LogP contribution < -0.4 is 5.32 Å². The van der Waals surface area contributed by atoms with Crippen LogP contribution in [-0.4, -0.2) is 22.7 Å². The Morgan fingerprint density at radius 1 is 1.00 bits per heavy atom. The van der Waals surface area contributed by atoms with E-state index in [4.69, 9.17) is 5.11 Å². The van der Waals surface area contributed by atoms with Crippen molar-refractivity contribution in [1.82, 2.24) is 0 Å². The molecule has 27 heavy (non-hydrogen) atoms. The van der Waals surface area contributed by atoms with Crippen LogP contribution in [0.3, 0.4) is 0 Å². The van der Waals surface area contributed by atoms with Crippen LogP contribution >= 0.6 is 11.8 Å². The standard InChI is InChI=1S/C22H21NO3S/c1-15(18-11-6-9-16-7-2-4-10-19(16)18)22(26)23-20-12-5-3-8-17(20)13-27-14-21(24)25/h2-12,15H,13-14H2,1H3,(H,23,26)(H,24,25). The van der Waals surface area contributed by atoms with Gasteiger partial charge in [0.05, 0.1) is 11.7 Å². The Hall–Kier alpha value is -2.79. The number of benzene rings is 3. The lowest BCUT2D eigenvalue weighted by Gasteiger charge is -2.17. The van der Waals surface area contributed by atoms with Crippen LogP contribution in [-0.2, 0) is 15.3 Å². The van der Waals surface area contributed by atoms with Gasteiger partial charge in [0.2, 0.25) is 5.91 Å². The molecule has 3 rings (SSSR count). The number of carboxylic acids is 1. The van der Waals surface area contributed by atoms with Crippen LogP contribution in [0.4, 0.5) is 5.69 Å². The maximum absolute atomic E-state index is 12.9. The zero-order chi connectivity index (χ0) is 19.2. The van der Waals surface area contributed by atoms with E-state index in [1.165, 1.54) is 11.8 Å². The number of rotatable bonds is 7. The van der Waals surface area contributed by atoms with Gasteiger partial charge < -0.3 is 10.4 Å². The summed E-state index contributed by atoms with van der Waals surface area (Å²) in [5.41, 5.74) is 2.64. The van der Waals surface area contributed by atoms with Crippen LogP contribution in [0.1, 0.15) is 24.0 Å². The average molecular weight is 379 g/mol. The Morgan fingerprint density at radius 3 is 2.52 bits per heavy atom. The molecule has 0 aliphatic carbocycles. The van der Waals surface area contributed by atoms with E-state index in [1.54, 1.807) is 0 Å². The number of fused-ring (bicyclic) bond motifs is 1. The normalized spacial score (nSPS) is 11.9. The molecule has 0 radical (unpaired) electrons. The van der Waals surface area contributed by atoms with Crippen LogP contribution in [0, 0.1) is 0 Å². The van der Waals surface area contributed by atoms with Crippen molar-refractivity contribution in [3.8, 4) is 0 Å². The van der Waals surface area contributed by atoms with Gasteiger partial charge in [-0.2, -0.15) is 0 Å². The van der Waals surface area contributed by atoms with E-state index < -0.39 is 5.97 Å². The van der Waals surface area contributed by atoms with E-state index in [2.05, 4.69) is 5.32 Å². The summed E-state index contributed by atoms with van der Waals surface area (Å²) in [4.78, 5) is 23.6. The monoisotopic (exact) mass is 379 g/mol. The molecule has 138 valence electrons. The third kappa shape index (κ3) is 4.68. The Labute approximate surface area is 162 Å². The van der Waals surface area contributed by atoms with E-state index >= 15 is 0 Å². The van der Waals surface area contributed by atoms with E-state index in [0.717, 1.165) is 27.6 Å². The second-order valence-corrected chi connectivity index (χ2v) is 7.31. The van der Waals surface area contributed by atoms with Crippen molar-refractivity contribution >= 4 is 40.1 Å². The highest BCUT2D eigenvalue weighted by Crippen LogP contribution is 2.28. The molecule has 2 N–H and O–H groups in total. The first kappa shape index (κ1) is 19.0. The molecule has 4 nitrogen and oxygen atoms in total. The number of amides is 1. The van der Waals surface area contributed by atoms with Crippen LogP contribution in [0.25, 0.3) is 10.8 Å². The molecule has 0 aliphatic rings. The number of nitrogens with one attached hydrogen (secondary N) is 1. The van der Waals surface area contributed by atoms with Crippen molar-refractivity contribution in [2.75, 3.05) is 11.1 Å². The van der Waals surface area contributed by atoms with E-state index in [9.17, 15) is 9.59 Å². The van der Waals surface area contributed by atoms with E-state index in [-0.39, 0.29) is 17.6 Å². The van der Waals surface area contributed by atoms with E-state index in [1.807, 2.05) is 73.7 Å². The minimum absolute atomic E-state index is 0.0364. The SMILES string of the molecule is CC(C(=O)Nc1ccccc1CSCC(=O)O)c1cccc2ccccc12. The first-order chi connectivity index (χ1) is 13.1. The number of hydrogen-bond donors (Lipinski definition) is 2. The lowest BCUT2D eigenvalue weighted by molar-refractivity contribution is -0.133. The Balaban J connectivity index is 1.78. The highest BCUT2D eigenvalue weighted by molar-refractivity contribution is 7.99. The molecular weight excluding hydrogens is 358 g/mol. The number of carbonyl (C=O) groups excluding carboxylic acids is 1. The zero-order valence-electron chi connectivity index (χ0n) is 15.0. The molecular formula is C22H21NO3S. The number of thioether (sulfide) groups is 1. The Bertz CT molecular complexity index is 965. The molecule has 0 bridgehead atoms. The molecule has 1 atom stereocenters. The molecule has 0 saturated carbocycles. The average Bonchev–Trinajstić information content (AvgIpc) is 2.68. The van der Waals surface area contributed by atoms with Crippen molar-refractivity contribution in [3.05, 3.63) is 77.9 Å². The summed E-state index contributed by atoms with van der Waals surface area (Å²) < 4.78 is 0. The molecule has 3 aromatic carbocycles. The molecule has 1 unspecified atom stereocenters. The molecule has 0 saturated heterocycles. The highest BCUT2D eigenvalue weighted by Gasteiger charge is 2.18. The van der Waals surface area contributed by atoms with Gasteiger partial charge in [-0.05, 0) is 34.9 Å². The van der Waals surface area contributed by atoms with Gasteiger partial charge in [0.15, 0.2) is 0 Å². The predicted molar refractivity (Wildman–Crippen MR) is 111 cm³/mol. The molecule has 0 fully saturated rings. The fraction of sp³-hybridized carbons (Fsp3) is 0.182. The third-order valence-corrected chi connectivity index (χ3v) is 5.41. The Kier molecular flexibility index (Phi) is 6.14. The molecule has 0 aromatic heterocycles. The summed E-state index contributed by atoms with van der Waals surface area (Å²) in [6, 6.07) is 21.6. The molecule has 1 amide bonds. The van der Waals surface area contributed by atoms with Crippen molar-refractivity contribution in [3.63, 3.8) is 0 Å². The van der Waals surface area contributed by atoms with Crippen molar-refractivity contribution in [1.29, 1.82) is 0 Å². The second kappa shape index (κ2) is 8.73. The van der Waals surface area contributed by atoms with Gasteiger partial charge >= 0.3 is 5.97 Å². The summed E-state index contributed by atoms with van der Waals surface area (Å²) in [6.45, 7) is 1.90. The predicted octanol–water partition coefficient (Wildman–Crippen LogP) is 4.90. The van der Waals surface area contributed by atoms with Crippen molar-refractivity contribution in [2.45, 2.75) is 18.6 Å². The molecule has 0 spiro atoms. The maximum atomic E-state index is 12.9. The van der Waals surface area contributed by atoms with Crippen LogP contribution in [0.5, 0.6) is 0 Å². The topological polar surface area (TPSA) is 66.4 Å². The van der Waals surface area contributed by atoms with Crippen LogP contribution in [0.15, 0.2) is 66.7 Å². The van der Waals surface area contributed by atoms with Gasteiger partial charge in [-0.1, -0.05) is 60.7 Å². The summed E-state index contributed by atoms with van der Waals surface area (Å²) in [5.74, 6) is -0.663. The third-order valence-electron chi connectivity index (χ3n) is 4.44. The number of carboxylic acid groups (broad SMARTS) is 1. The molecule has 0 aliphatic heterocycles. The summed E-state index contributed by atoms with van der Waals surface area (Å²) in [5, 5.41) is 14.0. The lowest BCUT2D eigenvalue weighted by atomic mass is 9.94. The number of para-hydroxylation sites is 1. The second-order valence-electron chi connectivity index (χ2n) is 6.32. The minimum Gasteiger partial charge on any atom is -0.481 e. The minimum atomic E-state index is -0.842. The summed E-state index contributed by atoms with van der Waals surface area (Å²) >= 11 is 1.31. The zero-order valence-corrected chi connectivity index (χ0v) is 15.8. The van der Waals surface area contributed by atoms with Gasteiger partial charge in [-0.15, -0.1) is 11.8 Å². The summed E-state index contributed by atoms with van der Waals surface area (Å²) in [7, 11) is 0. The number of aliphatic carboxylic acids is 1. The van der Waals surface area contributed by atoms with Gasteiger partial charge in [0.1, 0.15) is 0 Å². The quantitative estimate of drug-likeness (QED) is 0.613. The van der Waals surface area contributed by atoms with Gasteiger partial charge in [0.25, 0.3) is 0 Å². The number of carbonyl (C=O) groups is 2. The Morgan fingerprint density at radius 2 is 1.70 bits per heavy atom. The lowest BCUT2D eigenvalue weighted by Crippen LogP contribution is -2.20. The van der Waals surface area contributed by atoms with Gasteiger partial charge in [-0.3, -0.25) is 9.59 Å². The first-order valence-electron chi connectivity index (χ1n) is 8.72. The number of anilines is 1. The largest absolute Gasteiger partial charge is 0.481 e. The fourth-order valence-corrected chi connectivity index (χ4v) is 3.78. The van der Waals surface area contributed by atoms with Gasteiger partial charge in [-0.25, -0.2) is 0 Å². The summed E-state index contributed by atoms with van der Waals surface area (Å²) in [6.07, 6.45) is 0.